The van der Waals surface area contributed by atoms with Crippen LogP contribution in [0.2, 0.25) is 0 Å². The molecule has 1 aromatic heterocycles. The minimum atomic E-state index is -0.601. The summed E-state index contributed by atoms with van der Waals surface area (Å²) in [6.45, 7) is 2.17. The summed E-state index contributed by atoms with van der Waals surface area (Å²) in [6.07, 6.45) is 0.594. The second kappa shape index (κ2) is 5.53. The van der Waals surface area contributed by atoms with E-state index < -0.39 is 11.9 Å². The molecule has 1 aromatic rings. The van der Waals surface area contributed by atoms with Crippen LogP contribution in [0.15, 0.2) is 5.38 Å². The molecule has 0 saturated carbocycles. The molecule has 2 N–H and O–H groups in total. The van der Waals surface area contributed by atoms with Crippen molar-refractivity contribution in [2.24, 2.45) is 0 Å². The standard InChI is InChI=1S/C14H15N3O4S/c1-7(18)15-4-11-8-5-17(14(21)9(8)6-22-11)10-2-3-12(19)16-13(10)20/h6,10H,2-5H2,1H3,(H,15,18)(H,16,19,20). The Morgan fingerprint density at radius 1 is 1.45 bits per heavy atom. The summed E-state index contributed by atoms with van der Waals surface area (Å²) < 4.78 is 0. The third-order valence-corrected chi connectivity index (χ3v) is 4.91. The first-order valence-electron chi connectivity index (χ1n) is 6.95. The Labute approximate surface area is 130 Å². The molecule has 3 heterocycles. The van der Waals surface area contributed by atoms with Gasteiger partial charge in [0, 0.05) is 30.1 Å². The number of piperidine rings is 1. The Balaban J connectivity index is 1.78. The number of carbonyl (C=O) groups is 4. The first kappa shape index (κ1) is 14.7. The lowest BCUT2D eigenvalue weighted by molar-refractivity contribution is -0.137. The molecule has 1 atom stereocenters. The molecular weight excluding hydrogens is 306 g/mol. The lowest BCUT2D eigenvalue weighted by Crippen LogP contribution is -2.52. The highest BCUT2D eigenvalue weighted by atomic mass is 32.1. The predicted octanol–water partition coefficient (Wildman–Crippen LogP) is 0.145. The number of hydrogen-bond donors (Lipinski definition) is 2. The second-order valence-electron chi connectivity index (χ2n) is 5.36. The van der Waals surface area contributed by atoms with Gasteiger partial charge in [0.1, 0.15) is 6.04 Å². The molecule has 1 fully saturated rings. The molecule has 1 unspecified atom stereocenters. The summed E-state index contributed by atoms with van der Waals surface area (Å²) in [5, 5.41) is 6.76. The maximum absolute atomic E-state index is 12.5. The van der Waals surface area contributed by atoms with E-state index in [1.54, 1.807) is 5.38 Å². The largest absolute Gasteiger partial charge is 0.351 e. The molecule has 0 bridgehead atoms. The molecule has 0 aliphatic carbocycles. The van der Waals surface area contributed by atoms with Gasteiger partial charge in [-0.1, -0.05) is 0 Å². The fourth-order valence-electron chi connectivity index (χ4n) is 2.76. The van der Waals surface area contributed by atoms with Crippen LogP contribution in [0.25, 0.3) is 0 Å². The van der Waals surface area contributed by atoms with Gasteiger partial charge >= 0.3 is 0 Å². The van der Waals surface area contributed by atoms with Gasteiger partial charge in [-0.25, -0.2) is 0 Å². The zero-order valence-electron chi connectivity index (χ0n) is 12.0. The van der Waals surface area contributed by atoms with Crippen molar-refractivity contribution in [2.75, 3.05) is 0 Å². The van der Waals surface area contributed by atoms with E-state index >= 15 is 0 Å². The molecule has 1 saturated heterocycles. The van der Waals surface area contributed by atoms with Gasteiger partial charge in [0.05, 0.1) is 12.1 Å². The number of hydrogen-bond acceptors (Lipinski definition) is 5. The van der Waals surface area contributed by atoms with Gasteiger partial charge in [0.2, 0.25) is 17.7 Å². The van der Waals surface area contributed by atoms with Crippen LogP contribution < -0.4 is 10.6 Å². The van der Waals surface area contributed by atoms with E-state index in [0.717, 1.165) is 10.4 Å². The Morgan fingerprint density at radius 3 is 2.91 bits per heavy atom. The second-order valence-corrected chi connectivity index (χ2v) is 6.33. The van der Waals surface area contributed by atoms with Gasteiger partial charge in [-0.3, -0.25) is 24.5 Å². The molecular formula is C14H15N3O4S. The number of nitrogens with one attached hydrogen (secondary N) is 2. The van der Waals surface area contributed by atoms with Crippen molar-refractivity contribution in [2.45, 2.75) is 38.9 Å². The van der Waals surface area contributed by atoms with Crippen LogP contribution in [-0.2, 0) is 27.5 Å². The zero-order chi connectivity index (χ0) is 15.9. The van der Waals surface area contributed by atoms with E-state index in [0.29, 0.717) is 25.1 Å². The summed E-state index contributed by atoms with van der Waals surface area (Å²) in [5.74, 6) is -1.03. The van der Waals surface area contributed by atoms with Gasteiger partial charge in [-0.15, -0.1) is 11.3 Å². The number of nitrogens with zero attached hydrogens (tertiary/aromatic N) is 1. The van der Waals surface area contributed by atoms with Gasteiger partial charge in [0.15, 0.2) is 0 Å². The molecule has 0 radical (unpaired) electrons. The average Bonchev–Trinajstić information content (AvgIpc) is 2.98. The molecule has 2 aliphatic rings. The molecule has 22 heavy (non-hydrogen) atoms. The third-order valence-electron chi connectivity index (χ3n) is 3.88. The quantitative estimate of drug-likeness (QED) is 0.774. The summed E-state index contributed by atoms with van der Waals surface area (Å²) in [6, 6.07) is -0.601. The van der Waals surface area contributed by atoms with E-state index in [1.807, 2.05) is 0 Å². The van der Waals surface area contributed by atoms with Crippen molar-refractivity contribution < 1.29 is 19.2 Å². The van der Waals surface area contributed by atoms with E-state index in [1.165, 1.54) is 23.2 Å². The van der Waals surface area contributed by atoms with Gasteiger partial charge in [-0.05, 0) is 12.0 Å². The lowest BCUT2D eigenvalue weighted by atomic mass is 10.0. The number of carbonyl (C=O) groups excluding carboxylic acids is 4. The van der Waals surface area contributed by atoms with Gasteiger partial charge in [-0.2, -0.15) is 0 Å². The average molecular weight is 321 g/mol. The number of amides is 4. The van der Waals surface area contributed by atoms with Crippen molar-refractivity contribution in [3.63, 3.8) is 0 Å². The van der Waals surface area contributed by atoms with E-state index in [4.69, 9.17) is 0 Å². The van der Waals surface area contributed by atoms with Crippen LogP contribution in [0.3, 0.4) is 0 Å². The van der Waals surface area contributed by atoms with Crippen molar-refractivity contribution in [1.82, 2.24) is 15.5 Å². The fourth-order valence-corrected chi connectivity index (χ4v) is 3.73. The zero-order valence-corrected chi connectivity index (χ0v) is 12.8. The molecule has 116 valence electrons. The number of rotatable bonds is 3. The first-order chi connectivity index (χ1) is 10.5. The van der Waals surface area contributed by atoms with Crippen LogP contribution in [0.4, 0.5) is 0 Å². The maximum Gasteiger partial charge on any atom is 0.256 e. The van der Waals surface area contributed by atoms with E-state index in [2.05, 4.69) is 10.6 Å². The first-order valence-corrected chi connectivity index (χ1v) is 7.83. The number of imide groups is 1. The number of fused-ring (bicyclic) bond motifs is 1. The van der Waals surface area contributed by atoms with Gasteiger partial charge in [0.25, 0.3) is 5.91 Å². The minimum absolute atomic E-state index is 0.131. The fraction of sp³-hybridized carbons (Fsp3) is 0.429. The van der Waals surface area contributed by atoms with Crippen LogP contribution in [0.5, 0.6) is 0 Å². The molecule has 8 heteroatoms. The smallest absolute Gasteiger partial charge is 0.256 e. The van der Waals surface area contributed by atoms with Gasteiger partial charge < -0.3 is 10.2 Å². The molecule has 0 aromatic carbocycles. The van der Waals surface area contributed by atoms with E-state index in [-0.39, 0.29) is 24.1 Å². The predicted molar refractivity (Wildman–Crippen MR) is 77.9 cm³/mol. The Hall–Kier alpha value is -2.22. The normalized spacial score (nSPS) is 20.9. The minimum Gasteiger partial charge on any atom is -0.351 e. The Morgan fingerprint density at radius 2 is 2.23 bits per heavy atom. The van der Waals surface area contributed by atoms with Crippen LogP contribution in [-0.4, -0.2) is 34.6 Å². The molecule has 4 amide bonds. The topological polar surface area (TPSA) is 95.6 Å². The highest BCUT2D eigenvalue weighted by Crippen LogP contribution is 2.33. The monoisotopic (exact) mass is 321 g/mol. The molecule has 2 aliphatic heterocycles. The lowest BCUT2D eigenvalue weighted by Gasteiger charge is -2.29. The Bertz CT molecular complexity index is 682. The molecule has 7 nitrogen and oxygen atoms in total. The summed E-state index contributed by atoms with van der Waals surface area (Å²) in [4.78, 5) is 49.1. The summed E-state index contributed by atoms with van der Waals surface area (Å²) in [7, 11) is 0. The summed E-state index contributed by atoms with van der Waals surface area (Å²) in [5.41, 5.74) is 1.46. The van der Waals surface area contributed by atoms with Crippen molar-refractivity contribution in [1.29, 1.82) is 0 Å². The van der Waals surface area contributed by atoms with Crippen molar-refractivity contribution in [3.05, 3.63) is 21.4 Å². The summed E-state index contributed by atoms with van der Waals surface area (Å²) >= 11 is 1.43. The highest BCUT2D eigenvalue weighted by molar-refractivity contribution is 7.10. The third kappa shape index (κ3) is 2.50. The van der Waals surface area contributed by atoms with Crippen molar-refractivity contribution in [3.8, 4) is 0 Å². The van der Waals surface area contributed by atoms with Crippen LogP contribution >= 0.6 is 11.3 Å². The van der Waals surface area contributed by atoms with E-state index in [9.17, 15) is 19.2 Å². The maximum atomic E-state index is 12.5. The van der Waals surface area contributed by atoms with Crippen LogP contribution in [0.1, 0.15) is 40.6 Å². The Kier molecular flexibility index (Phi) is 3.69. The van der Waals surface area contributed by atoms with Crippen LogP contribution in [0, 0.1) is 0 Å². The molecule has 3 rings (SSSR count). The van der Waals surface area contributed by atoms with Crippen molar-refractivity contribution >= 4 is 35.0 Å². The highest BCUT2D eigenvalue weighted by Gasteiger charge is 2.40. The SMILES string of the molecule is CC(=O)NCc1scc2c1CN(C1CCC(=O)NC1=O)C2=O. The number of thiophene rings is 1. The molecule has 0 spiro atoms.